The van der Waals surface area contributed by atoms with E-state index in [0.29, 0.717) is 22.6 Å². The number of hydrazone groups is 1. The Hall–Kier alpha value is -3.03. The molecule has 2 aromatic rings. The Kier molecular flexibility index (Phi) is 4.62. The second-order valence-corrected chi connectivity index (χ2v) is 4.58. The number of hydrogen-bond donors (Lipinski definition) is 4. The van der Waals surface area contributed by atoms with Crippen LogP contribution >= 0.6 is 0 Å². The number of hydrogen-bond acceptors (Lipinski definition) is 5. The monoisotopic (exact) mass is 304 g/mol. The van der Waals surface area contributed by atoms with Gasteiger partial charge >= 0.3 is 0 Å². The lowest BCUT2D eigenvalue weighted by atomic mass is 10.2. The number of aromatic hydroxyl groups is 1. The van der Waals surface area contributed by atoms with Crippen molar-refractivity contribution in [2.45, 2.75) is 13.3 Å². The number of aryl methyl sites for hydroxylation is 1. The highest BCUT2D eigenvalue weighted by atomic mass is 16.5. The van der Waals surface area contributed by atoms with Crippen molar-refractivity contribution in [3.8, 4) is 11.5 Å². The van der Waals surface area contributed by atoms with Crippen LogP contribution in [0.4, 0.5) is 0 Å². The van der Waals surface area contributed by atoms with E-state index < -0.39 is 5.91 Å². The maximum atomic E-state index is 11.7. The molecule has 1 heterocycles. The van der Waals surface area contributed by atoms with E-state index in [1.54, 1.807) is 19.1 Å². The van der Waals surface area contributed by atoms with Crippen molar-refractivity contribution in [1.29, 1.82) is 0 Å². The van der Waals surface area contributed by atoms with Gasteiger partial charge in [0.15, 0.2) is 11.5 Å². The number of aromatic amines is 2. The van der Waals surface area contributed by atoms with Crippen LogP contribution in [0.2, 0.25) is 0 Å². The van der Waals surface area contributed by atoms with E-state index in [9.17, 15) is 14.7 Å². The smallest absolute Gasteiger partial charge is 0.267 e. The first-order chi connectivity index (χ1) is 10.5. The van der Waals surface area contributed by atoms with E-state index in [0.717, 1.165) is 0 Å². The molecule has 1 amide bonds. The maximum Gasteiger partial charge on any atom is 0.267 e. The van der Waals surface area contributed by atoms with Gasteiger partial charge in [0.1, 0.15) is 0 Å². The third kappa shape index (κ3) is 3.54. The van der Waals surface area contributed by atoms with Crippen molar-refractivity contribution in [2.24, 2.45) is 5.10 Å². The number of carbonyl (C=O) groups is 1. The summed E-state index contributed by atoms with van der Waals surface area (Å²) in [6.07, 6.45) is 1.34. The van der Waals surface area contributed by atoms with Crippen molar-refractivity contribution < 1.29 is 14.6 Å². The van der Waals surface area contributed by atoms with Gasteiger partial charge in [-0.2, -0.15) is 5.10 Å². The Balaban J connectivity index is 1.97. The SMILES string of the molecule is COc1cc(C=NNC(=O)Cc2c(C)[nH][nH]c2=O)ccc1O. The summed E-state index contributed by atoms with van der Waals surface area (Å²) in [6, 6.07) is 4.66. The van der Waals surface area contributed by atoms with Crippen molar-refractivity contribution in [3.63, 3.8) is 0 Å². The maximum absolute atomic E-state index is 11.7. The van der Waals surface area contributed by atoms with Crippen LogP contribution in [0.25, 0.3) is 0 Å². The van der Waals surface area contributed by atoms with Crippen molar-refractivity contribution in [1.82, 2.24) is 15.6 Å². The average molecular weight is 304 g/mol. The number of nitrogens with zero attached hydrogens (tertiary/aromatic N) is 1. The van der Waals surface area contributed by atoms with Crippen LogP contribution in [0, 0.1) is 6.92 Å². The number of phenols is 1. The summed E-state index contributed by atoms with van der Waals surface area (Å²) in [4.78, 5) is 23.2. The summed E-state index contributed by atoms with van der Waals surface area (Å²) in [5.74, 6) is -0.0780. The minimum atomic E-state index is -0.407. The number of benzene rings is 1. The Morgan fingerprint density at radius 3 is 2.86 bits per heavy atom. The highest BCUT2D eigenvalue weighted by Gasteiger charge is 2.10. The molecular formula is C14H16N4O4. The van der Waals surface area contributed by atoms with Crippen molar-refractivity contribution >= 4 is 12.1 Å². The largest absolute Gasteiger partial charge is 0.504 e. The molecule has 0 bridgehead atoms. The summed E-state index contributed by atoms with van der Waals surface area (Å²) in [5.41, 5.74) is 3.65. The van der Waals surface area contributed by atoms with Crippen LogP contribution in [-0.2, 0) is 11.2 Å². The molecule has 22 heavy (non-hydrogen) atoms. The predicted octanol–water partition coefficient (Wildman–Crippen LogP) is 0.418. The van der Waals surface area contributed by atoms with Crippen molar-refractivity contribution in [2.75, 3.05) is 7.11 Å². The van der Waals surface area contributed by atoms with Crippen LogP contribution in [0.5, 0.6) is 11.5 Å². The van der Waals surface area contributed by atoms with Gasteiger partial charge in [0.2, 0.25) is 5.91 Å². The van der Waals surface area contributed by atoms with E-state index in [4.69, 9.17) is 4.74 Å². The fourth-order valence-corrected chi connectivity index (χ4v) is 1.84. The summed E-state index contributed by atoms with van der Waals surface area (Å²) in [7, 11) is 1.44. The minimum Gasteiger partial charge on any atom is -0.504 e. The Labute approximate surface area is 125 Å². The molecule has 4 N–H and O–H groups in total. The molecule has 0 saturated heterocycles. The van der Waals surface area contributed by atoms with Gasteiger partial charge in [0.05, 0.1) is 19.7 Å². The Morgan fingerprint density at radius 1 is 1.45 bits per heavy atom. The Morgan fingerprint density at radius 2 is 2.23 bits per heavy atom. The third-order valence-electron chi connectivity index (χ3n) is 3.03. The van der Waals surface area contributed by atoms with Gasteiger partial charge in [-0.1, -0.05) is 0 Å². The van der Waals surface area contributed by atoms with Crippen LogP contribution in [0.3, 0.4) is 0 Å². The second-order valence-electron chi connectivity index (χ2n) is 4.58. The van der Waals surface area contributed by atoms with Crippen LogP contribution in [0.15, 0.2) is 28.1 Å². The van der Waals surface area contributed by atoms with Gasteiger partial charge in [-0.3, -0.25) is 14.7 Å². The fourth-order valence-electron chi connectivity index (χ4n) is 1.84. The molecule has 116 valence electrons. The van der Waals surface area contributed by atoms with Gasteiger partial charge in [-0.25, -0.2) is 5.43 Å². The summed E-state index contributed by atoms with van der Waals surface area (Å²) >= 11 is 0. The van der Waals surface area contributed by atoms with Crippen LogP contribution < -0.4 is 15.7 Å². The molecule has 0 aliphatic heterocycles. The molecular weight excluding hydrogens is 288 g/mol. The van der Waals surface area contributed by atoms with E-state index in [1.807, 2.05) is 0 Å². The molecule has 0 unspecified atom stereocenters. The highest BCUT2D eigenvalue weighted by molar-refractivity contribution is 5.84. The van der Waals surface area contributed by atoms with Crippen LogP contribution in [0.1, 0.15) is 16.8 Å². The lowest BCUT2D eigenvalue weighted by Crippen LogP contribution is -2.23. The molecule has 8 heteroatoms. The number of aromatic nitrogens is 2. The number of carbonyl (C=O) groups excluding carboxylic acids is 1. The molecule has 0 aliphatic carbocycles. The molecule has 0 atom stereocenters. The zero-order chi connectivity index (χ0) is 16.1. The number of nitrogens with one attached hydrogen (secondary N) is 3. The van der Waals surface area contributed by atoms with E-state index >= 15 is 0 Å². The molecule has 0 saturated carbocycles. The third-order valence-corrected chi connectivity index (χ3v) is 3.03. The molecule has 0 radical (unpaired) electrons. The first-order valence-corrected chi connectivity index (χ1v) is 6.46. The standard InChI is InChI=1S/C14H16N4O4/c1-8-10(14(21)18-16-8)6-13(20)17-15-7-9-3-4-11(19)12(5-9)22-2/h3-5,7,19H,6H2,1-2H3,(H,17,20)(H2,16,18,21). The molecule has 0 spiro atoms. The average Bonchev–Trinajstić information content (AvgIpc) is 2.81. The number of ether oxygens (including phenoxy) is 1. The first kappa shape index (κ1) is 15.4. The lowest BCUT2D eigenvalue weighted by molar-refractivity contribution is -0.120. The quantitative estimate of drug-likeness (QED) is 0.472. The number of rotatable bonds is 5. The van der Waals surface area contributed by atoms with E-state index in [2.05, 4.69) is 20.7 Å². The zero-order valence-electron chi connectivity index (χ0n) is 12.1. The van der Waals surface area contributed by atoms with E-state index in [1.165, 1.54) is 19.4 Å². The Bertz CT molecular complexity index is 760. The van der Waals surface area contributed by atoms with Crippen molar-refractivity contribution in [3.05, 3.63) is 45.4 Å². The molecule has 1 aromatic heterocycles. The zero-order valence-corrected chi connectivity index (χ0v) is 12.1. The molecule has 8 nitrogen and oxygen atoms in total. The summed E-state index contributed by atoms with van der Waals surface area (Å²) in [5, 5.41) is 18.3. The fraction of sp³-hybridized carbons (Fsp3) is 0.214. The first-order valence-electron chi connectivity index (χ1n) is 6.46. The van der Waals surface area contributed by atoms with Gasteiger partial charge in [0.25, 0.3) is 5.56 Å². The number of phenolic OH excluding ortho intramolecular Hbond substituents is 1. The lowest BCUT2D eigenvalue weighted by Gasteiger charge is -2.03. The molecule has 1 aromatic carbocycles. The predicted molar refractivity (Wildman–Crippen MR) is 80.2 cm³/mol. The number of H-pyrrole nitrogens is 2. The second kappa shape index (κ2) is 6.61. The van der Waals surface area contributed by atoms with Gasteiger partial charge in [-0.15, -0.1) is 0 Å². The molecule has 0 fully saturated rings. The minimum absolute atomic E-state index is 0.0193. The molecule has 2 rings (SSSR count). The highest BCUT2D eigenvalue weighted by Crippen LogP contribution is 2.25. The summed E-state index contributed by atoms with van der Waals surface area (Å²) in [6.45, 7) is 1.70. The summed E-state index contributed by atoms with van der Waals surface area (Å²) < 4.78 is 4.97. The van der Waals surface area contributed by atoms with Gasteiger partial charge < -0.3 is 14.9 Å². The molecule has 0 aliphatic rings. The van der Waals surface area contributed by atoms with E-state index in [-0.39, 0.29) is 17.7 Å². The van der Waals surface area contributed by atoms with Gasteiger partial charge in [0, 0.05) is 11.3 Å². The number of methoxy groups -OCH3 is 1. The van der Waals surface area contributed by atoms with Crippen LogP contribution in [-0.4, -0.2) is 34.5 Å². The normalized spacial score (nSPS) is 10.8. The number of amides is 1. The topological polar surface area (TPSA) is 120 Å². The van der Waals surface area contributed by atoms with Gasteiger partial charge in [-0.05, 0) is 30.7 Å².